The van der Waals surface area contributed by atoms with Crippen LogP contribution < -0.4 is 21.1 Å². The van der Waals surface area contributed by atoms with E-state index < -0.39 is 5.66 Å². The summed E-state index contributed by atoms with van der Waals surface area (Å²) in [4.78, 5) is 2.39. The van der Waals surface area contributed by atoms with Gasteiger partial charge in [0.25, 0.3) is 0 Å². The summed E-state index contributed by atoms with van der Waals surface area (Å²) in [5.41, 5.74) is 1.74. The fourth-order valence-electron chi connectivity index (χ4n) is 3.36. The summed E-state index contributed by atoms with van der Waals surface area (Å²) < 4.78 is 0. The van der Waals surface area contributed by atoms with Crippen molar-refractivity contribution in [3.63, 3.8) is 0 Å². The maximum atomic E-state index is 4.63. The van der Waals surface area contributed by atoms with Crippen molar-refractivity contribution in [1.82, 2.24) is 20.4 Å². The van der Waals surface area contributed by atoms with Crippen LogP contribution in [0.5, 0.6) is 0 Å². The minimum absolute atomic E-state index is 0.109. The molecule has 0 spiro atoms. The van der Waals surface area contributed by atoms with E-state index in [-0.39, 0.29) is 5.50 Å². The Morgan fingerprint density at radius 2 is 1.59 bits per heavy atom. The third kappa shape index (κ3) is 5.14. The SMILES string of the molecule is CC1N(C)NC(S)N1CCCCNP(=[Se])(c1ccccc1)c1ccccc1. The van der Waals surface area contributed by atoms with Gasteiger partial charge in [-0.1, -0.05) is 0 Å². The molecule has 1 aliphatic heterocycles. The molecular formula is C20H29N4PSSe. The monoisotopic (exact) mass is 468 g/mol. The van der Waals surface area contributed by atoms with Crippen LogP contribution >= 0.6 is 18.3 Å². The van der Waals surface area contributed by atoms with Crippen LogP contribution in [0.2, 0.25) is 0 Å². The molecule has 1 saturated heterocycles. The number of nitrogens with one attached hydrogen (secondary N) is 2. The van der Waals surface area contributed by atoms with E-state index in [0.29, 0.717) is 6.17 Å². The number of hydrogen-bond donors (Lipinski definition) is 3. The Morgan fingerprint density at radius 1 is 1.04 bits per heavy atom. The van der Waals surface area contributed by atoms with Crippen LogP contribution in [0, 0.1) is 0 Å². The van der Waals surface area contributed by atoms with Gasteiger partial charge in [-0.2, -0.15) is 0 Å². The van der Waals surface area contributed by atoms with Gasteiger partial charge in [0, 0.05) is 0 Å². The molecule has 146 valence electrons. The molecule has 0 amide bonds. The molecule has 3 rings (SSSR count). The summed E-state index contributed by atoms with van der Waals surface area (Å²) in [5.74, 6) is 0. The van der Waals surface area contributed by atoms with Crippen LogP contribution in [-0.2, 0) is 0 Å². The predicted molar refractivity (Wildman–Crippen MR) is 122 cm³/mol. The predicted octanol–water partition coefficient (Wildman–Crippen LogP) is 2.33. The van der Waals surface area contributed by atoms with Crippen molar-refractivity contribution in [1.29, 1.82) is 0 Å². The van der Waals surface area contributed by atoms with E-state index in [4.69, 9.17) is 0 Å². The molecule has 0 aromatic heterocycles. The van der Waals surface area contributed by atoms with Crippen LogP contribution in [0.25, 0.3) is 0 Å². The quantitative estimate of drug-likeness (QED) is 0.241. The molecule has 0 radical (unpaired) electrons. The van der Waals surface area contributed by atoms with E-state index >= 15 is 0 Å². The molecule has 0 aliphatic carbocycles. The average molecular weight is 467 g/mol. The maximum absolute atomic E-state index is 4.63. The first-order valence-electron chi connectivity index (χ1n) is 9.41. The summed E-state index contributed by atoms with van der Waals surface area (Å²) in [7, 11) is 2.07. The first kappa shape index (κ1) is 21.3. The zero-order valence-electron chi connectivity index (χ0n) is 16.0. The molecule has 2 aromatic rings. The van der Waals surface area contributed by atoms with E-state index in [9.17, 15) is 0 Å². The van der Waals surface area contributed by atoms with Crippen LogP contribution in [0.3, 0.4) is 0 Å². The van der Waals surface area contributed by atoms with Crippen molar-refractivity contribution < 1.29 is 0 Å². The molecule has 0 saturated carbocycles. The molecule has 0 bridgehead atoms. The molecular weight excluding hydrogens is 438 g/mol. The second-order valence-corrected chi connectivity index (χ2v) is 13.4. The van der Waals surface area contributed by atoms with Gasteiger partial charge in [-0.05, 0) is 0 Å². The van der Waals surface area contributed by atoms with Crippen molar-refractivity contribution >= 4 is 44.0 Å². The van der Waals surface area contributed by atoms with E-state index in [1.165, 1.54) is 10.6 Å². The van der Waals surface area contributed by atoms with Gasteiger partial charge in [0.1, 0.15) is 0 Å². The van der Waals surface area contributed by atoms with Crippen molar-refractivity contribution in [2.75, 3.05) is 20.1 Å². The normalized spacial score (nSPS) is 21.6. The van der Waals surface area contributed by atoms with Crippen molar-refractivity contribution in [2.45, 2.75) is 31.4 Å². The Balaban J connectivity index is 1.59. The second-order valence-electron chi connectivity index (χ2n) is 6.88. The van der Waals surface area contributed by atoms with Gasteiger partial charge in [-0.25, -0.2) is 0 Å². The summed E-state index contributed by atoms with van der Waals surface area (Å²) in [6.07, 6.45) is 2.66. The molecule has 2 N–H and O–H groups in total. The fourth-order valence-corrected chi connectivity index (χ4v) is 8.28. The summed E-state index contributed by atoms with van der Waals surface area (Å²) in [5, 5.41) is 8.71. The van der Waals surface area contributed by atoms with Gasteiger partial charge in [0.05, 0.1) is 0 Å². The van der Waals surface area contributed by atoms with E-state index in [0.717, 1.165) is 25.9 Å². The minimum atomic E-state index is -1.70. The zero-order valence-corrected chi connectivity index (χ0v) is 19.5. The first-order valence-corrected chi connectivity index (χ1v) is 13.9. The number of benzene rings is 2. The fraction of sp³-hybridized carbons (Fsp3) is 0.400. The second kappa shape index (κ2) is 9.86. The Bertz CT molecular complexity index is 718. The van der Waals surface area contributed by atoms with Crippen LogP contribution in [0.15, 0.2) is 60.7 Å². The van der Waals surface area contributed by atoms with E-state index in [1.54, 1.807) is 0 Å². The molecule has 2 atom stereocenters. The van der Waals surface area contributed by atoms with Crippen molar-refractivity contribution in [3.8, 4) is 0 Å². The zero-order chi connectivity index (χ0) is 19.3. The molecule has 4 nitrogen and oxygen atoms in total. The standard InChI is InChI=1S/C20H29N4PSSe/c1-17-23(2)22-20(26)24(17)16-10-9-15-21-25(27,18-11-5-3-6-12-18)19-13-7-4-8-14-19/h3-8,11-14,17,20,22,26H,9-10,15-16H2,1-2H3,(H,21,27). The van der Waals surface area contributed by atoms with E-state index in [1.807, 2.05) is 0 Å². The van der Waals surface area contributed by atoms with Gasteiger partial charge in [-0.15, -0.1) is 0 Å². The number of unbranched alkanes of at least 4 members (excludes halogenated alkanes) is 1. The summed E-state index contributed by atoms with van der Waals surface area (Å²) >= 11 is 8.17. The van der Waals surface area contributed by atoms with Crippen molar-refractivity contribution in [2.24, 2.45) is 0 Å². The Morgan fingerprint density at radius 3 is 2.07 bits per heavy atom. The summed E-state index contributed by atoms with van der Waals surface area (Å²) in [6.45, 7) is 4.25. The Labute approximate surface area is 176 Å². The van der Waals surface area contributed by atoms with Gasteiger partial charge < -0.3 is 0 Å². The molecule has 1 aliphatic rings. The van der Waals surface area contributed by atoms with Gasteiger partial charge in [0.2, 0.25) is 0 Å². The number of rotatable bonds is 8. The van der Waals surface area contributed by atoms with Crippen molar-refractivity contribution in [3.05, 3.63) is 60.7 Å². The van der Waals surface area contributed by atoms with E-state index in [2.05, 4.69) is 123 Å². The number of hydrogen-bond acceptors (Lipinski definition) is 5. The Hall–Kier alpha value is -0.421. The molecule has 27 heavy (non-hydrogen) atoms. The number of nitrogens with zero attached hydrogens (tertiary/aromatic N) is 2. The molecule has 1 heterocycles. The molecule has 7 heteroatoms. The van der Waals surface area contributed by atoms with Gasteiger partial charge in [0.15, 0.2) is 0 Å². The molecule has 1 fully saturated rings. The third-order valence-corrected chi connectivity index (χ3v) is 11.7. The van der Waals surface area contributed by atoms with Gasteiger partial charge >= 0.3 is 177 Å². The van der Waals surface area contributed by atoms with Crippen LogP contribution in [-0.4, -0.2) is 56.8 Å². The number of thiol groups is 1. The average Bonchev–Trinajstić information content (AvgIpc) is 2.94. The molecule has 2 aromatic carbocycles. The molecule has 2 unspecified atom stereocenters. The van der Waals surface area contributed by atoms with Crippen LogP contribution in [0.4, 0.5) is 0 Å². The number of hydrazine groups is 1. The first-order chi connectivity index (χ1) is 13.0. The topological polar surface area (TPSA) is 30.5 Å². The van der Waals surface area contributed by atoms with Crippen LogP contribution in [0.1, 0.15) is 19.8 Å². The summed E-state index contributed by atoms with van der Waals surface area (Å²) in [6, 6.07) is 21.5. The third-order valence-electron chi connectivity index (χ3n) is 5.09. The Kier molecular flexibility index (Phi) is 7.78. The van der Waals surface area contributed by atoms with Gasteiger partial charge in [-0.3, -0.25) is 0 Å².